The summed E-state index contributed by atoms with van der Waals surface area (Å²) in [5.41, 5.74) is 0. The average Bonchev–Trinajstić information content (AvgIpc) is 2.72. The van der Waals surface area contributed by atoms with E-state index in [-0.39, 0.29) is 12.1 Å². The van der Waals surface area contributed by atoms with Gasteiger partial charge < -0.3 is 15.3 Å². The van der Waals surface area contributed by atoms with Gasteiger partial charge in [0, 0.05) is 13.1 Å². The molecule has 0 spiro atoms. The van der Waals surface area contributed by atoms with Gasteiger partial charge in [-0.1, -0.05) is 13.3 Å². The molecule has 0 saturated carbocycles. The largest absolute Gasteiger partial charge is 0.391 e. The number of hydrogen-bond donors (Lipinski definition) is 3. The van der Waals surface area contributed by atoms with E-state index in [0.29, 0.717) is 6.42 Å². The highest BCUT2D eigenvalue weighted by molar-refractivity contribution is 5.03. The minimum absolute atomic E-state index is 0.0342. The van der Waals surface area contributed by atoms with Crippen LogP contribution in [-0.4, -0.2) is 82.2 Å². The van der Waals surface area contributed by atoms with E-state index >= 15 is 0 Å². The predicted octanol–water partition coefficient (Wildman–Crippen LogP) is -0.742. The van der Waals surface area contributed by atoms with Crippen molar-refractivity contribution in [2.45, 2.75) is 56.6 Å². The molecule has 18 heavy (non-hydrogen) atoms. The zero-order valence-corrected chi connectivity index (χ0v) is 11.4. The van der Waals surface area contributed by atoms with Gasteiger partial charge >= 0.3 is 0 Å². The van der Waals surface area contributed by atoms with Crippen molar-refractivity contribution in [1.29, 1.82) is 0 Å². The first-order valence-electron chi connectivity index (χ1n) is 7.04. The van der Waals surface area contributed by atoms with Crippen LogP contribution in [0, 0.1) is 0 Å². The highest BCUT2D eigenvalue weighted by atomic mass is 16.3. The SMILES string of the molecule is CCCCN(C)C1CN2CCC(O)[C@@H]2[C@@H](O)C1O. The molecule has 2 aliphatic heterocycles. The van der Waals surface area contributed by atoms with Gasteiger partial charge in [-0.25, -0.2) is 0 Å². The van der Waals surface area contributed by atoms with E-state index in [1.54, 1.807) is 0 Å². The molecular formula is C13H26N2O3. The molecule has 2 heterocycles. The lowest BCUT2D eigenvalue weighted by atomic mass is 9.90. The fourth-order valence-corrected chi connectivity index (χ4v) is 3.27. The number of hydrogen-bond acceptors (Lipinski definition) is 5. The van der Waals surface area contributed by atoms with Crippen LogP contribution < -0.4 is 0 Å². The summed E-state index contributed by atoms with van der Waals surface area (Å²) >= 11 is 0. The van der Waals surface area contributed by atoms with E-state index in [0.717, 1.165) is 32.5 Å². The lowest BCUT2D eigenvalue weighted by molar-refractivity contribution is -0.122. The minimum atomic E-state index is -0.842. The summed E-state index contributed by atoms with van der Waals surface area (Å²) in [6.07, 6.45) is 0.811. The van der Waals surface area contributed by atoms with Crippen molar-refractivity contribution in [2.24, 2.45) is 0 Å². The van der Waals surface area contributed by atoms with Crippen LogP contribution in [0.5, 0.6) is 0 Å². The summed E-state index contributed by atoms with van der Waals surface area (Å²) in [5, 5.41) is 30.3. The number of piperidine rings is 1. The molecule has 0 aromatic heterocycles. The molecule has 0 aromatic rings. The molecule has 5 atom stereocenters. The second-order valence-electron chi connectivity index (χ2n) is 5.72. The highest BCUT2D eigenvalue weighted by Gasteiger charge is 2.48. The zero-order valence-electron chi connectivity index (χ0n) is 11.4. The second kappa shape index (κ2) is 5.84. The van der Waals surface area contributed by atoms with Crippen LogP contribution >= 0.6 is 0 Å². The third-order valence-corrected chi connectivity index (χ3v) is 4.47. The van der Waals surface area contributed by atoms with E-state index in [1.165, 1.54) is 0 Å². The van der Waals surface area contributed by atoms with Crippen LogP contribution in [0.3, 0.4) is 0 Å². The number of unbranched alkanes of at least 4 members (excludes halogenated alkanes) is 1. The topological polar surface area (TPSA) is 67.2 Å². The molecule has 5 heteroatoms. The Labute approximate surface area is 109 Å². The Balaban J connectivity index is 2.01. The standard InChI is InChI=1S/C13H26N2O3/c1-3-4-6-14(2)9-8-15-7-5-10(16)11(15)13(18)12(9)17/h9-13,16-18H,3-8H2,1-2H3/t9?,10?,11-,12?,13-/m1/s1. The molecule has 0 aromatic carbocycles. The van der Waals surface area contributed by atoms with Crippen molar-refractivity contribution in [3.63, 3.8) is 0 Å². The summed E-state index contributed by atoms with van der Waals surface area (Å²) in [7, 11) is 2.00. The smallest absolute Gasteiger partial charge is 0.0994 e. The van der Waals surface area contributed by atoms with Gasteiger partial charge in [0.15, 0.2) is 0 Å². The summed E-state index contributed by atoms with van der Waals surface area (Å²) in [4.78, 5) is 4.26. The van der Waals surface area contributed by atoms with Gasteiger partial charge in [0.2, 0.25) is 0 Å². The van der Waals surface area contributed by atoms with Crippen molar-refractivity contribution in [2.75, 3.05) is 26.7 Å². The average molecular weight is 258 g/mol. The minimum Gasteiger partial charge on any atom is -0.391 e. The van der Waals surface area contributed by atoms with Crippen LogP contribution in [0.15, 0.2) is 0 Å². The summed E-state index contributed by atoms with van der Waals surface area (Å²) < 4.78 is 0. The molecule has 3 unspecified atom stereocenters. The monoisotopic (exact) mass is 258 g/mol. The van der Waals surface area contributed by atoms with E-state index in [2.05, 4.69) is 16.7 Å². The second-order valence-corrected chi connectivity index (χ2v) is 5.72. The Morgan fingerprint density at radius 2 is 1.94 bits per heavy atom. The van der Waals surface area contributed by atoms with Crippen LogP contribution in [0.2, 0.25) is 0 Å². The molecular weight excluding hydrogens is 232 g/mol. The fourth-order valence-electron chi connectivity index (χ4n) is 3.27. The van der Waals surface area contributed by atoms with Gasteiger partial charge in [0.25, 0.3) is 0 Å². The molecule has 5 nitrogen and oxygen atoms in total. The van der Waals surface area contributed by atoms with Gasteiger partial charge in [0.1, 0.15) is 0 Å². The van der Waals surface area contributed by atoms with Gasteiger partial charge in [-0.05, 0) is 26.4 Å². The van der Waals surface area contributed by atoms with Crippen LogP contribution in [0.4, 0.5) is 0 Å². The van der Waals surface area contributed by atoms with E-state index in [1.807, 2.05) is 7.05 Å². The van der Waals surface area contributed by atoms with Crippen molar-refractivity contribution in [3.8, 4) is 0 Å². The maximum atomic E-state index is 10.2. The first kappa shape index (κ1) is 14.2. The Morgan fingerprint density at radius 1 is 1.22 bits per heavy atom. The zero-order chi connectivity index (χ0) is 13.3. The maximum Gasteiger partial charge on any atom is 0.0994 e. The number of aliphatic hydroxyl groups is 3. The summed E-state index contributed by atoms with van der Waals surface area (Å²) in [5.74, 6) is 0. The molecule has 2 rings (SSSR count). The molecule has 2 fully saturated rings. The quantitative estimate of drug-likeness (QED) is 0.620. The van der Waals surface area contributed by atoms with Crippen LogP contribution in [0.1, 0.15) is 26.2 Å². The summed E-state index contributed by atoms with van der Waals surface area (Å²) in [6, 6.07) is -0.316. The maximum absolute atomic E-state index is 10.2. The van der Waals surface area contributed by atoms with Crippen molar-refractivity contribution >= 4 is 0 Å². The van der Waals surface area contributed by atoms with Gasteiger partial charge in [-0.15, -0.1) is 0 Å². The number of likely N-dealkylation sites (N-methyl/N-ethyl adjacent to an activating group) is 1. The molecule has 0 amide bonds. The Hall–Kier alpha value is -0.200. The number of aliphatic hydroxyl groups excluding tert-OH is 3. The van der Waals surface area contributed by atoms with Gasteiger partial charge in [-0.2, -0.15) is 0 Å². The van der Waals surface area contributed by atoms with Gasteiger partial charge in [-0.3, -0.25) is 9.80 Å². The Morgan fingerprint density at radius 3 is 2.61 bits per heavy atom. The number of fused-ring (bicyclic) bond motifs is 1. The van der Waals surface area contributed by atoms with E-state index < -0.39 is 18.3 Å². The Kier molecular flexibility index (Phi) is 4.61. The lowest BCUT2D eigenvalue weighted by Gasteiger charge is -2.46. The summed E-state index contributed by atoms with van der Waals surface area (Å²) in [6.45, 7) is 4.63. The van der Waals surface area contributed by atoms with Gasteiger partial charge in [0.05, 0.1) is 30.4 Å². The predicted molar refractivity (Wildman–Crippen MR) is 69.3 cm³/mol. The van der Waals surface area contributed by atoms with Crippen molar-refractivity contribution < 1.29 is 15.3 Å². The van der Waals surface area contributed by atoms with E-state index in [4.69, 9.17) is 0 Å². The third-order valence-electron chi connectivity index (χ3n) is 4.47. The molecule has 2 saturated heterocycles. The molecule has 0 radical (unpaired) electrons. The number of rotatable bonds is 4. The lowest BCUT2D eigenvalue weighted by Crippen LogP contribution is -2.65. The van der Waals surface area contributed by atoms with Crippen LogP contribution in [0.25, 0.3) is 0 Å². The molecule has 2 aliphatic rings. The molecule has 0 aliphatic carbocycles. The fraction of sp³-hybridized carbons (Fsp3) is 1.00. The molecule has 106 valence electrons. The molecule has 0 bridgehead atoms. The number of nitrogens with zero attached hydrogens (tertiary/aromatic N) is 2. The van der Waals surface area contributed by atoms with Crippen LogP contribution in [-0.2, 0) is 0 Å². The highest BCUT2D eigenvalue weighted by Crippen LogP contribution is 2.29. The molecule has 3 N–H and O–H groups in total. The van der Waals surface area contributed by atoms with E-state index in [9.17, 15) is 15.3 Å². The first-order chi connectivity index (χ1) is 8.56. The normalized spacial score (nSPS) is 41.3. The Bertz CT molecular complexity index is 277. The van der Waals surface area contributed by atoms with Crippen molar-refractivity contribution in [1.82, 2.24) is 9.80 Å². The first-order valence-corrected chi connectivity index (χ1v) is 7.04. The van der Waals surface area contributed by atoms with Crippen molar-refractivity contribution in [3.05, 3.63) is 0 Å². The third kappa shape index (κ3) is 2.56.